The molecular weight excluding hydrogens is 260 g/mol. The Balaban J connectivity index is 2.07. The van der Waals surface area contributed by atoms with Crippen LogP contribution in [0.25, 0.3) is 0 Å². The maximum Gasteiger partial charge on any atom is 0.229 e. The van der Waals surface area contributed by atoms with Crippen molar-refractivity contribution in [2.75, 3.05) is 5.32 Å². The number of rotatable bonds is 4. The molecule has 0 spiro atoms. The van der Waals surface area contributed by atoms with Crippen LogP contribution in [-0.4, -0.2) is 5.91 Å². The van der Waals surface area contributed by atoms with Gasteiger partial charge in [-0.15, -0.1) is 6.42 Å². The zero-order valence-electron chi connectivity index (χ0n) is 11.9. The predicted molar refractivity (Wildman–Crippen MR) is 85.5 cm³/mol. The van der Waals surface area contributed by atoms with Crippen molar-refractivity contribution in [2.24, 2.45) is 11.7 Å². The first-order valence-corrected chi connectivity index (χ1v) is 6.80. The molecule has 106 valence electrons. The summed E-state index contributed by atoms with van der Waals surface area (Å²) in [6.45, 7) is 1.82. The number of terminal acetylenes is 1. The molecule has 0 saturated carbocycles. The van der Waals surface area contributed by atoms with Gasteiger partial charge in [-0.3, -0.25) is 4.79 Å². The molecule has 0 bridgehead atoms. The van der Waals surface area contributed by atoms with Crippen molar-refractivity contribution in [3.63, 3.8) is 0 Å². The van der Waals surface area contributed by atoms with Gasteiger partial charge in [0, 0.05) is 17.3 Å². The molecule has 0 heterocycles. The summed E-state index contributed by atoms with van der Waals surface area (Å²) in [5, 5.41) is 2.85. The lowest BCUT2D eigenvalue weighted by molar-refractivity contribution is -0.120. The fraction of sp³-hybridized carbons (Fsp3) is 0.167. The van der Waals surface area contributed by atoms with Crippen LogP contribution in [0.15, 0.2) is 54.6 Å². The minimum Gasteiger partial charge on any atom is -0.326 e. The van der Waals surface area contributed by atoms with Crippen LogP contribution in [0.3, 0.4) is 0 Å². The van der Waals surface area contributed by atoms with Gasteiger partial charge in [-0.2, -0.15) is 0 Å². The molecule has 3 nitrogen and oxygen atoms in total. The molecule has 0 aliphatic carbocycles. The molecule has 1 amide bonds. The summed E-state index contributed by atoms with van der Waals surface area (Å²) in [6, 6.07) is 16.4. The van der Waals surface area contributed by atoms with Crippen molar-refractivity contribution < 1.29 is 4.79 Å². The van der Waals surface area contributed by atoms with Gasteiger partial charge >= 0.3 is 0 Å². The summed E-state index contributed by atoms with van der Waals surface area (Å²) in [7, 11) is 0. The van der Waals surface area contributed by atoms with Crippen molar-refractivity contribution in [3.8, 4) is 12.3 Å². The first-order valence-electron chi connectivity index (χ1n) is 6.80. The highest BCUT2D eigenvalue weighted by atomic mass is 16.1. The molecule has 2 unspecified atom stereocenters. The van der Waals surface area contributed by atoms with E-state index in [9.17, 15) is 4.79 Å². The molecule has 0 aliphatic rings. The van der Waals surface area contributed by atoms with Crippen LogP contribution in [0.4, 0.5) is 5.69 Å². The number of hydrogen-bond acceptors (Lipinski definition) is 2. The lowest BCUT2D eigenvalue weighted by Crippen LogP contribution is -2.30. The number of anilines is 1. The van der Waals surface area contributed by atoms with E-state index in [-0.39, 0.29) is 17.9 Å². The van der Waals surface area contributed by atoms with Gasteiger partial charge in [0.25, 0.3) is 0 Å². The normalized spacial score (nSPS) is 13.0. The minimum atomic E-state index is -0.345. The third-order valence-corrected chi connectivity index (χ3v) is 3.43. The van der Waals surface area contributed by atoms with E-state index in [1.54, 1.807) is 12.1 Å². The SMILES string of the molecule is C#Cc1cccc(NC(=O)C(C)C(N)c2ccccc2)c1. The molecule has 0 radical (unpaired) electrons. The lowest BCUT2D eigenvalue weighted by atomic mass is 9.94. The van der Waals surface area contributed by atoms with E-state index in [1.807, 2.05) is 49.4 Å². The van der Waals surface area contributed by atoms with Crippen molar-refractivity contribution in [2.45, 2.75) is 13.0 Å². The number of nitrogens with one attached hydrogen (secondary N) is 1. The number of carbonyl (C=O) groups is 1. The summed E-state index contributed by atoms with van der Waals surface area (Å²) in [4.78, 5) is 12.3. The van der Waals surface area contributed by atoms with E-state index >= 15 is 0 Å². The quantitative estimate of drug-likeness (QED) is 0.845. The Labute approximate surface area is 125 Å². The number of nitrogens with two attached hydrogens (primary N) is 1. The Morgan fingerprint density at radius 3 is 2.57 bits per heavy atom. The Hall–Kier alpha value is -2.57. The molecule has 3 heteroatoms. The maximum atomic E-state index is 12.3. The second-order valence-corrected chi connectivity index (χ2v) is 4.94. The minimum absolute atomic E-state index is 0.125. The van der Waals surface area contributed by atoms with Crippen LogP contribution in [0, 0.1) is 18.3 Å². The first kappa shape index (κ1) is 14.8. The van der Waals surface area contributed by atoms with Crippen LogP contribution < -0.4 is 11.1 Å². The molecule has 2 atom stereocenters. The van der Waals surface area contributed by atoms with Crippen LogP contribution in [0.2, 0.25) is 0 Å². The number of benzene rings is 2. The van der Waals surface area contributed by atoms with Gasteiger partial charge in [0.2, 0.25) is 5.91 Å². The molecule has 0 saturated heterocycles. The van der Waals surface area contributed by atoms with Crippen molar-refractivity contribution in [1.29, 1.82) is 0 Å². The zero-order chi connectivity index (χ0) is 15.2. The smallest absolute Gasteiger partial charge is 0.229 e. The van der Waals surface area contributed by atoms with E-state index in [0.29, 0.717) is 5.69 Å². The van der Waals surface area contributed by atoms with Gasteiger partial charge in [0.05, 0.1) is 5.92 Å². The van der Waals surface area contributed by atoms with Crippen molar-refractivity contribution in [1.82, 2.24) is 0 Å². The van der Waals surface area contributed by atoms with Crippen LogP contribution in [-0.2, 0) is 4.79 Å². The largest absolute Gasteiger partial charge is 0.326 e. The second-order valence-electron chi connectivity index (χ2n) is 4.94. The predicted octanol–water partition coefficient (Wildman–Crippen LogP) is 2.94. The van der Waals surface area contributed by atoms with E-state index in [1.165, 1.54) is 0 Å². The summed E-state index contributed by atoms with van der Waals surface area (Å²) in [6.07, 6.45) is 5.35. The van der Waals surface area contributed by atoms with E-state index in [0.717, 1.165) is 11.1 Å². The maximum absolute atomic E-state index is 12.3. The van der Waals surface area contributed by atoms with Gasteiger partial charge in [0.15, 0.2) is 0 Å². The fourth-order valence-electron chi connectivity index (χ4n) is 2.07. The van der Waals surface area contributed by atoms with Crippen LogP contribution in [0.1, 0.15) is 24.1 Å². The Bertz CT molecular complexity index is 658. The zero-order valence-corrected chi connectivity index (χ0v) is 11.9. The molecule has 2 aromatic carbocycles. The molecule has 0 aliphatic heterocycles. The van der Waals surface area contributed by atoms with Gasteiger partial charge in [-0.05, 0) is 23.8 Å². The van der Waals surface area contributed by atoms with Gasteiger partial charge in [-0.25, -0.2) is 0 Å². The Morgan fingerprint density at radius 2 is 1.90 bits per heavy atom. The number of carbonyl (C=O) groups excluding carboxylic acids is 1. The van der Waals surface area contributed by atoms with E-state index in [4.69, 9.17) is 12.2 Å². The summed E-state index contributed by atoms with van der Waals surface area (Å²) < 4.78 is 0. The van der Waals surface area contributed by atoms with E-state index < -0.39 is 0 Å². The van der Waals surface area contributed by atoms with Gasteiger partial charge < -0.3 is 11.1 Å². The van der Waals surface area contributed by atoms with Crippen molar-refractivity contribution in [3.05, 3.63) is 65.7 Å². The Kier molecular flexibility index (Phi) is 4.76. The highest BCUT2D eigenvalue weighted by Gasteiger charge is 2.22. The summed E-state index contributed by atoms with van der Waals surface area (Å²) in [5.74, 6) is 2.07. The second kappa shape index (κ2) is 6.74. The number of hydrogen-bond donors (Lipinski definition) is 2. The van der Waals surface area contributed by atoms with Gasteiger partial charge in [0.1, 0.15) is 0 Å². The highest BCUT2D eigenvalue weighted by Crippen LogP contribution is 2.21. The summed E-state index contributed by atoms with van der Waals surface area (Å²) >= 11 is 0. The highest BCUT2D eigenvalue weighted by molar-refractivity contribution is 5.93. The van der Waals surface area contributed by atoms with Crippen LogP contribution in [0.5, 0.6) is 0 Å². The monoisotopic (exact) mass is 278 g/mol. The molecule has 0 fully saturated rings. The third-order valence-electron chi connectivity index (χ3n) is 3.43. The molecule has 21 heavy (non-hydrogen) atoms. The molecule has 0 aromatic heterocycles. The summed E-state index contributed by atoms with van der Waals surface area (Å²) in [5.41, 5.74) is 8.51. The topological polar surface area (TPSA) is 55.1 Å². The first-order chi connectivity index (χ1) is 10.1. The Morgan fingerprint density at radius 1 is 1.19 bits per heavy atom. The fourth-order valence-corrected chi connectivity index (χ4v) is 2.07. The average molecular weight is 278 g/mol. The molecule has 3 N–H and O–H groups in total. The third kappa shape index (κ3) is 3.71. The standard InChI is InChI=1S/C18H18N2O/c1-3-14-8-7-11-16(12-14)20-18(21)13(2)17(19)15-9-5-4-6-10-15/h1,4-13,17H,19H2,2H3,(H,20,21). The van der Waals surface area contributed by atoms with Gasteiger partial charge in [-0.1, -0.05) is 49.2 Å². The average Bonchev–Trinajstić information content (AvgIpc) is 2.54. The van der Waals surface area contributed by atoms with Crippen LogP contribution >= 0.6 is 0 Å². The van der Waals surface area contributed by atoms with E-state index in [2.05, 4.69) is 11.2 Å². The van der Waals surface area contributed by atoms with Crippen molar-refractivity contribution >= 4 is 11.6 Å². The lowest BCUT2D eigenvalue weighted by Gasteiger charge is -2.20. The molecular formula is C18H18N2O. The molecule has 2 rings (SSSR count). The number of amides is 1. The molecule has 2 aromatic rings.